The summed E-state index contributed by atoms with van der Waals surface area (Å²) in [6.45, 7) is 4.26. The molecular weight excluding hydrogens is 300 g/mol. The summed E-state index contributed by atoms with van der Waals surface area (Å²) in [5, 5.41) is 7.05. The molecule has 0 aliphatic carbocycles. The molecule has 6 heteroatoms. The van der Waals surface area contributed by atoms with Crippen LogP contribution in [0.5, 0.6) is 0 Å². The second-order valence-corrected chi connectivity index (χ2v) is 6.94. The first-order valence-corrected chi connectivity index (χ1v) is 8.99. The summed E-state index contributed by atoms with van der Waals surface area (Å²) >= 11 is 3.59. The number of nitrogens with zero attached hydrogens (tertiary/aromatic N) is 3. The van der Waals surface area contributed by atoms with Crippen molar-refractivity contribution in [2.45, 2.75) is 6.92 Å². The third-order valence-electron chi connectivity index (χ3n) is 3.26. The van der Waals surface area contributed by atoms with E-state index in [4.69, 9.17) is 0 Å². The van der Waals surface area contributed by atoms with Crippen molar-refractivity contribution in [1.29, 1.82) is 0 Å². The molecule has 1 fully saturated rings. The fraction of sp³-hybridized carbons (Fsp3) is 0.333. The Kier molecular flexibility index (Phi) is 4.77. The number of hydrogen-bond donors (Lipinski definition) is 1. The Hall–Kier alpha value is -1.53. The zero-order valence-electron chi connectivity index (χ0n) is 12.0. The second kappa shape index (κ2) is 6.95. The number of benzene rings is 1. The average Bonchev–Trinajstić information content (AvgIpc) is 2.94. The molecule has 1 aliphatic rings. The van der Waals surface area contributed by atoms with Crippen molar-refractivity contribution in [3.05, 3.63) is 40.9 Å². The van der Waals surface area contributed by atoms with E-state index in [1.165, 1.54) is 17.2 Å². The standard InChI is InChI=1S/C15H18N4S2/c1-12-11-21-15(17-12)18-16-10-13-2-4-14(5-3-13)19-6-8-20-9-7-19/h2-5,10-11H,6-9H2,1H3,(H,17,18). The van der Waals surface area contributed by atoms with E-state index in [1.807, 2.05) is 30.3 Å². The minimum absolute atomic E-state index is 0.825. The van der Waals surface area contributed by atoms with Gasteiger partial charge in [-0.05, 0) is 24.6 Å². The van der Waals surface area contributed by atoms with Crippen molar-refractivity contribution in [1.82, 2.24) is 4.98 Å². The molecule has 1 aromatic carbocycles. The summed E-state index contributed by atoms with van der Waals surface area (Å²) in [6.07, 6.45) is 1.83. The molecule has 1 aromatic heterocycles. The highest BCUT2D eigenvalue weighted by Crippen LogP contribution is 2.19. The average molecular weight is 318 g/mol. The minimum Gasteiger partial charge on any atom is -0.370 e. The van der Waals surface area contributed by atoms with Crippen molar-refractivity contribution in [3.8, 4) is 0 Å². The van der Waals surface area contributed by atoms with Gasteiger partial charge in [-0.1, -0.05) is 12.1 Å². The quantitative estimate of drug-likeness (QED) is 0.692. The Bertz CT molecular complexity index is 600. The first kappa shape index (κ1) is 14.4. The van der Waals surface area contributed by atoms with Crippen molar-refractivity contribution in [3.63, 3.8) is 0 Å². The molecule has 0 bridgehead atoms. The zero-order valence-corrected chi connectivity index (χ0v) is 13.6. The molecule has 21 heavy (non-hydrogen) atoms. The van der Waals surface area contributed by atoms with Crippen molar-refractivity contribution >= 4 is 40.1 Å². The number of anilines is 2. The molecule has 0 radical (unpaired) electrons. The summed E-state index contributed by atoms with van der Waals surface area (Å²) in [5.41, 5.74) is 6.36. The van der Waals surface area contributed by atoms with Crippen LogP contribution in [0.1, 0.15) is 11.3 Å². The fourth-order valence-corrected chi connectivity index (χ4v) is 3.70. The molecule has 0 saturated carbocycles. The highest BCUT2D eigenvalue weighted by Gasteiger charge is 2.10. The van der Waals surface area contributed by atoms with Gasteiger partial charge in [0.1, 0.15) is 0 Å². The number of hydrogen-bond acceptors (Lipinski definition) is 6. The predicted molar refractivity (Wildman–Crippen MR) is 94.0 cm³/mol. The van der Waals surface area contributed by atoms with Crippen LogP contribution < -0.4 is 10.3 Å². The summed E-state index contributed by atoms with van der Waals surface area (Å²) in [5.74, 6) is 2.45. The first-order chi connectivity index (χ1) is 10.3. The molecular formula is C15H18N4S2. The smallest absolute Gasteiger partial charge is 0.203 e. The summed E-state index contributed by atoms with van der Waals surface area (Å²) in [7, 11) is 0. The van der Waals surface area contributed by atoms with Crippen LogP contribution in [0.4, 0.5) is 10.8 Å². The van der Waals surface area contributed by atoms with Crippen LogP contribution in [0.15, 0.2) is 34.7 Å². The van der Waals surface area contributed by atoms with E-state index in [1.54, 1.807) is 11.3 Å². The summed E-state index contributed by atoms with van der Waals surface area (Å²) in [4.78, 5) is 6.74. The molecule has 3 rings (SSSR count). The van der Waals surface area contributed by atoms with E-state index in [0.717, 1.165) is 29.5 Å². The van der Waals surface area contributed by atoms with E-state index in [0.29, 0.717) is 0 Å². The Morgan fingerprint density at radius 2 is 2.00 bits per heavy atom. The number of aryl methyl sites for hydroxylation is 1. The van der Waals surface area contributed by atoms with Gasteiger partial charge in [0, 0.05) is 35.7 Å². The molecule has 0 spiro atoms. The summed E-state index contributed by atoms with van der Waals surface area (Å²) in [6, 6.07) is 8.56. The second-order valence-electron chi connectivity index (χ2n) is 4.85. The number of thioether (sulfide) groups is 1. The van der Waals surface area contributed by atoms with Gasteiger partial charge in [0.05, 0.1) is 11.9 Å². The summed E-state index contributed by atoms with van der Waals surface area (Å²) < 4.78 is 0. The van der Waals surface area contributed by atoms with Crippen LogP contribution >= 0.6 is 23.1 Å². The van der Waals surface area contributed by atoms with Crippen molar-refractivity contribution in [2.75, 3.05) is 34.9 Å². The van der Waals surface area contributed by atoms with Crippen molar-refractivity contribution in [2.24, 2.45) is 5.10 Å². The van der Waals surface area contributed by atoms with Gasteiger partial charge in [0.25, 0.3) is 0 Å². The lowest BCUT2D eigenvalue weighted by atomic mass is 10.2. The Morgan fingerprint density at radius 1 is 1.24 bits per heavy atom. The lowest BCUT2D eigenvalue weighted by molar-refractivity contribution is 0.859. The molecule has 2 aromatic rings. The van der Waals surface area contributed by atoms with Crippen molar-refractivity contribution < 1.29 is 0 Å². The molecule has 2 heterocycles. The van der Waals surface area contributed by atoms with Crippen LogP contribution in [0.25, 0.3) is 0 Å². The van der Waals surface area contributed by atoms with Crippen LogP contribution in [0.2, 0.25) is 0 Å². The van der Waals surface area contributed by atoms with E-state index < -0.39 is 0 Å². The Balaban J connectivity index is 1.58. The number of rotatable bonds is 4. The van der Waals surface area contributed by atoms with Crippen LogP contribution in [0.3, 0.4) is 0 Å². The Labute approximate surface area is 133 Å². The monoisotopic (exact) mass is 318 g/mol. The number of thiazole rings is 1. The SMILES string of the molecule is Cc1csc(NN=Cc2ccc(N3CCSCC3)cc2)n1. The molecule has 1 saturated heterocycles. The maximum Gasteiger partial charge on any atom is 0.203 e. The maximum absolute atomic E-state index is 4.30. The van der Waals surface area contributed by atoms with Crippen LogP contribution in [-0.4, -0.2) is 35.8 Å². The minimum atomic E-state index is 0.825. The predicted octanol–water partition coefficient (Wildman–Crippen LogP) is 3.45. The topological polar surface area (TPSA) is 40.5 Å². The van der Waals surface area contributed by atoms with Crippen LogP contribution in [-0.2, 0) is 0 Å². The molecule has 1 N–H and O–H groups in total. The number of nitrogens with one attached hydrogen (secondary N) is 1. The van der Waals surface area contributed by atoms with Gasteiger partial charge in [-0.25, -0.2) is 4.98 Å². The van der Waals surface area contributed by atoms with E-state index >= 15 is 0 Å². The normalized spacial score (nSPS) is 15.6. The molecule has 0 unspecified atom stereocenters. The highest BCUT2D eigenvalue weighted by atomic mass is 32.2. The van der Waals surface area contributed by atoms with Crippen LogP contribution in [0, 0.1) is 6.92 Å². The highest BCUT2D eigenvalue weighted by molar-refractivity contribution is 7.99. The van der Waals surface area contributed by atoms with Gasteiger partial charge in [-0.2, -0.15) is 16.9 Å². The fourth-order valence-electron chi connectivity index (χ4n) is 2.16. The molecule has 0 amide bonds. The van der Waals surface area contributed by atoms with Gasteiger partial charge < -0.3 is 4.90 Å². The third kappa shape index (κ3) is 3.98. The largest absolute Gasteiger partial charge is 0.370 e. The molecule has 4 nitrogen and oxygen atoms in total. The van der Waals surface area contributed by atoms with E-state index in [-0.39, 0.29) is 0 Å². The first-order valence-electron chi connectivity index (χ1n) is 6.95. The van der Waals surface area contributed by atoms with Gasteiger partial charge in [0.2, 0.25) is 5.13 Å². The maximum atomic E-state index is 4.30. The molecule has 0 atom stereocenters. The lowest BCUT2D eigenvalue weighted by Crippen LogP contribution is -2.32. The number of aromatic nitrogens is 1. The lowest BCUT2D eigenvalue weighted by Gasteiger charge is -2.28. The molecule has 1 aliphatic heterocycles. The van der Waals surface area contributed by atoms with Gasteiger partial charge >= 0.3 is 0 Å². The Morgan fingerprint density at radius 3 is 2.67 bits per heavy atom. The van der Waals surface area contributed by atoms with E-state index in [9.17, 15) is 0 Å². The van der Waals surface area contributed by atoms with Gasteiger partial charge in [0.15, 0.2) is 0 Å². The number of hydrazone groups is 1. The van der Waals surface area contributed by atoms with E-state index in [2.05, 4.69) is 44.7 Å². The third-order valence-corrected chi connectivity index (χ3v) is 5.07. The van der Waals surface area contributed by atoms with Gasteiger partial charge in [-0.15, -0.1) is 11.3 Å². The molecule has 110 valence electrons. The zero-order chi connectivity index (χ0) is 14.5. The van der Waals surface area contributed by atoms with Gasteiger partial charge in [-0.3, -0.25) is 5.43 Å².